The number of esters is 1. The third-order valence-corrected chi connectivity index (χ3v) is 4.38. The minimum atomic E-state index is -0.473. The molecule has 0 N–H and O–H groups in total. The molecule has 1 aliphatic rings. The monoisotopic (exact) mass is 435 g/mol. The fourth-order valence-corrected chi connectivity index (χ4v) is 2.88. The van der Waals surface area contributed by atoms with E-state index in [9.17, 15) is 4.79 Å². The van der Waals surface area contributed by atoms with Gasteiger partial charge in [0.15, 0.2) is 17.2 Å². The number of halogens is 1. The molecule has 1 heterocycles. The average Bonchev–Trinajstić information content (AvgIpc) is 2.95. The Morgan fingerprint density at radius 1 is 1.08 bits per heavy atom. The van der Waals surface area contributed by atoms with Crippen LogP contribution in [0.4, 0.5) is 0 Å². The minimum absolute atomic E-state index is 0.247. The SMILES string of the molecule is COc1ccc(/C=C2\N=C(c3ccccc3I)OC2=O)cc1OC. The number of methoxy groups -OCH3 is 2. The van der Waals surface area contributed by atoms with Crippen molar-refractivity contribution in [3.8, 4) is 11.5 Å². The van der Waals surface area contributed by atoms with E-state index >= 15 is 0 Å². The Bertz CT molecular complexity index is 858. The number of rotatable bonds is 4. The number of ether oxygens (including phenoxy) is 3. The van der Waals surface area contributed by atoms with Gasteiger partial charge in [0.05, 0.1) is 19.8 Å². The van der Waals surface area contributed by atoms with Crippen molar-refractivity contribution in [2.75, 3.05) is 14.2 Å². The number of nitrogens with zero attached hydrogens (tertiary/aromatic N) is 1. The van der Waals surface area contributed by atoms with Crippen molar-refractivity contribution in [3.63, 3.8) is 0 Å². The predicted octanol–water partition coefficient (Wildman–Crippen LogP) is 3.65. The van der Waals surface area contributed by atoms with Crippen LogP contribution in [0.5, 0.6) is 11.5 Å². The molecule has 2 aromatic carbocycles. The van der Waals surface area contributed by atoms with Gasteiger partial charge in [0.25, 0.3) is 0 Å². The normalized spacial score (nSPS) is 15.2. The minimum Gasteiger partial charge on any atom is -0.493 e. The molecule has 0 fully saturated rings. The molecule has 0 aliphatic carbocycles. The summed E-state index contributed by atoms with van der Waals surface area (Å²) >= 11 is 2.18. The number of hydrogen-bond donors (Lipinski definition) is 0. The highest BCUT2D eigenvalue weighted by Gasteiger charge is 2.25. The van der Waals surface area contributed by atoms with E-state index in [0.717, 1.165) is 14.7 Å². The van der Waals surface area contributed by atoms with Gasteiger partial charge in [0, 0.05) is 3.57 Å². The van der Waals surface area contributed by atoms with E-state index < -0.39 is 5.97 Å². The van der Waals surface area contributed by atoms with Gasteiger partial charge in [-0.1, -0.05) is 18.2 Å². The predicted molar refractivity (Wildman–Crippen MR) is 99.3 cm³/mol. The highest BCUT2D eigenvalue weighted by atomic mass is 127. The van der Waals surface area contributed by atoms with Crippen molar-refractivity contribution >= 4 is 40.5 Å². The van der Waals surface area contributed by atoms with Crippen LogP contribution in [-0.4, -0.2) is 26.1 Å². The molecule has 0 bridgehead atoms. The van der Waals surface area contributed by atoms with Gasteiger partial charge in [-0.3, -0.25) is 0 Å². The largest absolute Gasteiger partial charge is 0.493 e. The Balaban J connectivity index is 1.96. The molecule has 0 unspecified atom stereocenters. The highest BCUT2D eigenvalue weighted by molar-refractivity contribution is 14.1. The van der Waals surface area contributed by atoms with Crippen LogP contribution >= 0.6 is 22.6 Å². The average molecular weight is 435 g/mol. The Labute approximate surface area is 153 Å². The van der Waals surface area contributed by atoms with E-state index in [-0.39, 0.29) is 5.70 Å². The van der Waals surface area contributed by atoms with Crippen molar-refractivity contribution in [2.45, 2.75) is 0 Å². The van der Waals surface area contributed by atoms with Gasteiger partial charge in [-0.2, -0.15) is 0 Å². The maximum atomic E-state index is 12.1. The summed E-state index contributed by atoms with van der Waals surface area (Å²) in [5.41, 5.74) is 1.81. The van der Waals surface area contributed by atoms with Crippen molar-refractivity contribution in [2.24, 2.45) is 4.99 Å². The first-order valence-corrected chi connectivity index (χ1v) is 8.19. The highest BCUT2D eigenvalue weighted by Crippen LogP contribution is 2.29. The van der Waals surface area contributed by atoms with Crippen LogP contribution in [0, 0.1) is 3.57 Å². The van der Waals surface area contributed by atoms with Crippen molar-refractivity contribution in [1.82, 2.24) is 0 Å². The fraction of sp³-hybridized carbons (Fsp3) is 0.111. The van der Waals surface area contributed by atoms with Crippen LogP contribution in [0.15, 0.2) is 53.2 Å². The summed E-state index contributed by atoms with van der Waals surface area (Å²) < 4.78 is 16.7. The summed E-state index contributed by atoms with van der Waals surface area (Å²) in [6.07, 6.45) is 1.66. The van der Waals surface area contributed by atoms with Crippen molar-refractivity contribution in [3.05, 3.63) is 62.9 Å². The first-order chi connectivity index (χ1) is 11.6. The summed E-state index contributed by atoms with van der Waals surface area (Å²) in [6.45, 7) is 0. The third-order valence-electron chi connectivity index (χ3n) is 3.44. The number of aliphatic imine (C=N–C) groups is 1. The molecule has 0 radical (unpaired) electrons. The summed E-state index contributed by atoms with van der Waals surface area (Å²) in [6, 6.07) is 13.0. The van der Waals surface area contributed by atoms with Gasteiger partial charge in [0.1, 0.15) is 0 Å². The maximum Gasteiger partial charge on any atom is 0.363 e. The summed E-state index contributed by atoms with van der Waals surface area (Å²) in [7, 11) is 3.13. The van der Waals surface area contributed by atoms with Gasteiger partial charge in [-0.15, -0.1) is 0 Å². The zero-order valence-corrected chi connectivity index (χ0v) is 15.2. The Morgan fingerprint density at radius 3 is 2.54 bits per heavy atom. The molecule has 1 aliphatic heterocycles. The molecule has 122 valence electrons. The van der Waals surface area contributed by atoms with E-state index in [1.165, 1.54) is 0 Å². The van der Waals surface area contributed by atoms with E-state index in [0.29, 0.717) is 17.4 Å². The molecule has 0 spiro atoms. The summed E-state index contributed by atoms with van der Waals surface area (Å²) in [4.78, 5) is 16.4. The lowest BCUT2D eigenvalue weighted by Gasteiger charge is -2.07. The first-order valence-electron chi connectivity index (χ1n) is 7.12. The Morgan fingerprint density at radius 2 is 1.83 bits per heavy atom. The fourth-order valence-electron chi connectivity index (χ4n) is 2.26. The molecule has 24 heavy (non-hydrogen) atoms. The number of carbonyl (C=O) groups excluding carboxylic acids is 1. The van der Waals surface area contributed by atoms with E-state index in [1.807, 2.05) is 30.3 Å². The standard InChI is InChI=1S/C18H14INO4/c1-22-15-8-7-11(10-16(15)23-2)9-14-18(21)24-17(20-14)12-5-3-4-6-13(12)19/h3-10H,1-2H3/b14-9-. The van der Waals surface area contributed by atoms with Gasteiger partial charge in [-0.25, -0.2) is 9.79 Å². The molecule has 0 amide bonds. The smallest absolute Gasteiger partial charge is 0.363 e. The zero-order chi connectivity index (χ0) is 17.1. The molecular formula is C18H14INO4. The van der Waals surface area contributed by atoms with Crippen molar-refractivity contribution in [1.29, 1.82) is 0 Å². The molecular weight excluding hydrogens is 421 g/mol. The molecule has 0 saturated carbocycles. The molecule has 2 aromatic rings. The Kier molecular flexibility index (Phi) is 4.84. The molecule has 0 saturated heterocycles. The van der Waals surface area contributed by atoms with Crippen LogP contribution in [-0.2, 0) is 9.53 Å². The second-order valence-corrected chi connectivity index (χ2v) is 6.09. The summed E-state index contributed by atoms with van der Waals surface area (Å²) in [5, 5.41) is 0. The lowest BCUT2D eigenvalue weighted by atomic mass is 10.1. The topological polar surface area (TPSA) is 57.1 Å². The molecule has 0 aromatic heterocycles. The Hall–Kier alpha value is -2.35. The van der Waals surface area contributed by atoms with Gasteiger partial charge in [-0.05, 0) is 58.5 Å². The lowest BCUT2D eigenvalue weighted by molar-refractivity contribution is -0.129. The van der Waals surface area contributed by atoms with Crippen LogP contribution < -0.4 is 9.47 Å². The van der Waals surface area contributed by atoms with Crippen molar-refractivity contribution < 1.29 is 19.0 Å². The zero-order valence-electron chi connectivity index (χ0n) is 13.1. The summed E-state index contributed by atoms with van der Waals surface area (Å²) in [5.74, 6) is 1.05. The molecule has 3 rings (SSSR count). The van der Waals surface area contributed by atoms with Gasteiger partial charge >= 0.3 is 5.97 Å². The van der Waals surface area contributed by atoms with Gasteiger partial charge < -0.3 is 14.2 Å². The van der Waals surface area contributed by atoms with E-state index in [1.54, 1.807) is 32.4 Å². The van der Waals surface area contributed by atoms with Crippen LogP contribution in [0.2, 0.25) is 0 Å². The molecule has 6 heteroatoms. The van der Waals surface area contributed by atoms with E-state index in [4.69, 9.17) is 14.2 Å². The molecule has 5 nitrogen and oxygen atoms in total. The second kappa shape index (κ2) is 7.04. The van der Waals surface area contributed by atoms with Crippen LogP contribution in [0.3, 0.4) is 0 Å². The third kappa shape index (κ3) is 3.28. The maximum absolute atomic E-state index is 12.1. The second-order valence-electron chi connectivity index (χ2n) is 4.93. The number of carbonyl (C=O) groups is 1. The van der Waals surface area contributed by atoms with Crippen LogP contribution in [0.1, 0.15) is 11.1 Å². The number of cyclic esters (lactones) is 1. The van der Waals surface area contributed by atoms with E-state index in [2.05, 4.69) is 27.6 Å². The van der Waals surface area contributed by atoms with Crippen LogP contribution in [0.25, 0.3) is 6.08 Å². The lowest BCUT2D eigenvalue weighted by Crippen LogP contribution is -2.06. The first kappa shape index (κ1) is 16.5. The quantitative estimate of drug-likeness (QED) is 0.418. The number of benzene rings is 2. The number of hydrogen-bond acceptors (Lipinski definition) is 5. The van der Waals surface area contributed by atoms with Gasteiger partial charge in [0.2, 0.25) is 5.90 Å². The molecule has 0 atom stereocenters.